The van der Waals surface area contributed by atoms with Crippen molar-refractivity contribution in [2.75, 3.05) is 0 Å². The van der Waals surface area contributed by atoms with Gasteiger partial charge in [0.25, 0.3) is 0 Å². The van der Waals surface area contributed by atoms with Crippen molar-refractivity contribution < 1.29 is 8.78 Å². The van der Waals surface area contributed by atoms with Crippen molar-refractivity contribution in [1.82, 2.24) is 24.3 Å². The maximum atomic E-state index is 14.9. The Labute approximate surface area is 146 Å². The maximum absolute atomic E-state index is 14.9. The summed E-state index contributed by atoms with van der Waals surface area (Å²) in [5.41, 5.74) is 3.31. The molecule has 4 heterocycles. The second-order valence-electron chi connectivity index (χ2n) is 6.93. The topological polar surface area (TPSA) is 48.5 Å². The van der Waals surface area contributed by atoms with Crippen molar-refractivity contribution in [3.63, 3.8) is 0 Å². The molecule has 0 saturated carbocycles. The minimum Gasteiger partial charge on any atom is -0.318 e. The van der Waals surface area contributed by atoms with Gasteiger partial charge in [-0.25, -0.2) is 23.4 Å². The van der Waals surface area contributed by atoms with Crippen molar-refractivity contribution in [2.24, 2.45) is 0 Å². The zero-order chi connectivity index (χ0) is 17.6. The Bertz CT molecular complexity index is 1220. The molecule has 7 heteroatoms. The Kier molecular flexibility index (Phi) is 2.47. The number of hydrogen-bond donors (Lipinski definition) is 0. The molecular weight excluding hydrogens is 336 g/mol. The molecule has 2 aliphatic rings. The Morgan fingerprint density at radius 2 is 2.00 bits per heavy atom. The molecule has 4 aromatic rings. The molecule has 2 aromatic heterocycles. The standard InChI is InChI=1S/C19H13F2N5/c1-9-5-14-13(6-12(9)21)24-19-16-7-15(25(14)19)17-10(3-2-4-11(17)20)18-22-8-23-26(16)18/h2-6,8,15-16H,7H2,1H3/t15-,16-/m0/s1. The number of benzene rings is 2. The highest BCUT2D eigenvalue weighted by Crippen LogP contribution is 2.49. The molecule has 0 saturated heterocycles. The Morgan fingerprint density at radius 3 is 2.88 bits per heavy atom. The van der Waals surface area contributed by atoms with Gasteiger partial charge in [-0.05, 0) is 24.6 Å². The first kappa shape index (κ1) is 14.1. The summed E-state index contributed by atoms with van der Waals surface area (Å²) in [4.78, 5) is 9.03. The highest BCUT2D eigenvalue weighted by Gasteiger charge is 2.42. The molecule has 0 N–H and O–H groups in total. The van der Waals surface area contributed by atoms with Crippen LogP contribution in [-0.2, 0) is 0 Å². The molecule has 128 valence electrons. The van der Waals surface area contributed by atoms with Crippen LogP contribution in [-0.4, -0.2) is 24.3 Å². The molecule has 0 aliphatic carbocycles. The van der Waals surface area contributed by atoms with Gasteiger partial charge in [-0.15, -0.1) is 0 Å². The van der Waals surface area contributed by atoms with E-state index in [1.807, 2.05) is 15.3 Å². The van der Waals surface area contributed by atoms with E-state index >= 15 is 0 Å². The monoisotopic (exact) mass is 349 g/mol. The van der Waals surface area contributed by atoms with Gasteiger partial charge in [-0.1, -0.05) is 12.1 Å². The molecular formula is C19H13F2N5. The molecule has 2 atom stereocenters. The summed E-state index contributed by atoms with van der Waals surface area (Å²) in [5.74, 6) is 0.866. The number of hydrogen-bond acceptors (Lipinski definition) is 3. The smallest absolute Gasteiger partial charge is 0.159 e. The normalized spacial score (nSPS) is 20.0. The molecule has 2 aromatic carbocycles. The Hall–Kier alpha value is -3.09. The van der Waals surface area contributed by atoms with E-state index in [9.17, 15) is 8.78 Å². The summed E-state index contributed by atoms with van der Waals surface area (Å²) in [6.45, 7) is 1.73. The minimum absolute atomic E-state index is 0.153. The number of imidazole rings is 1. The van der Waals surface area contributed by atoms with Crippen molar-refractivity contribution in [2.45, 2.75) is 25.4 Å². The average molecular weight is 349 g/mol. The largest absolute Gasteiger partial charge is 0.318 e. The number of aryl methyl sites for hydroxylation is 1. The fraction of sp³-hybridized carbons (Fsp3) is 0.211. The van der Waals surface area contributed by atoms with Crippen LogP contribution in [0.15, 0.2) is 36.7 Å². The lowest BCUT2D eigenvalue weighted by atomic mass is 9.98. The van der Waals surface area contributed by atoms with Gasteiger partial charge in [0.15, 0.2) is 5.82 Å². The first-order chi connectivity index (χ1) is 12.6. The quantitative estimate of drug-likeness (QED) is 0.485. The summed E-state index contributed by atoms with van der Waals surface area (Å²) < 4.78 is 32.8. The van der Waals surface area contributed by atoms with Crippen LogP contribution in [0.5, 0.6) is 0 Å². The molecule has 0 radical (unpaired) electrons. The van der Waals surface area contributed by atoms with E-state index in [1.165, 1.54) is 18.5 Å². The zero-order valence-corrected chi connectivity index (χ0v) is 13.8. The third-order valence-corrected chi connectivity index (χ3v) is 5.55. The van der Waals surface area contributed by atoms with E-state index in [4.69, 9.17) is 0 Å². The number of aromatic nitrogens is 5. The molecule has 0 amide bonds. The van der Waals surface area contributed by atoms with Gasteiger partial charge in [0.05, 0.1) is 17.1 Å². The van der Waals surface area contributed by atoms with Crippen LogP contribution >= 0.6 is 0 Å². The molecule has 2 aliphatic heterocycles. The number of halogens is 2. The lowest BCUT2D eigenvalue weighted by Crippen LogP contribution is -2.13. The predicted molar refractivity (Wildman–Crippen MR) is 90.7 cm³/mol. The van der Waals surface area contributed by atoms with Gasteiger partial charge in [-0.3, -0.25) is 0 Å². The summed E-state index contributed by atoms with van der Waals surface area (Å²) in [5, 5.41) is 4.38. The van der Waals surface area contributed by atoms with Gasteiger partial charge >= 0.3 is 0 Å². The van der Waals surface area contributed by atoms with Gasteiger partial charge in [-0.2, -0.15) is 5.10 Å². The van der Waals surface area contributed by atoms with Gasteiger partial charge in [0, 0.05) is 23.6 Å². The van der Waals surface area contributed by atoms with Crippen LogP contribution in [0.2, 0.25) is 0 Å². The van der Waals surface area contributed by atoms with Crippen LogP contribution in [0.4, 0.5) is 8.78 Å². The van der Waals surface area contributed by atoms with Crippen molar-refractivity contribution >= 4 is 11.0 Å². The molecule has 5 nitrogen and oxygen atoms in total. The number of rotatable bonds is 0. The van der Waals surface area contributed by atoms with Crippen molar-refractivity contribution in [3.05, 3.63) is 65.2 Å². The van der Waals surface area contributed by atoms with E-state index in [-0.39, 0.29) is 23.7 Å². The molecule has 26 heavy (non-hydrogen) atoms. The SMILES string of the molecule is Cc1cc2c(cc1F)nc1n2[C@H]2C[C@@H]1n1ncnc1-c1cccc(F)c12. The summed E-state index contributed by atoms with van der Waals surface area (Å²) >= 11 is 0. The molecule has 0 fully saturated rings. The summed E-state index contributed by atoms with van der Waals surface area (Å²) in [7, 11) is 0. The van der Waals surface area contributed by atoms with Crippen LogP contribution < -0.4 is 0 Å². The van der Waals surface area contributed by atoms with E-state index < -0.39 is 0 Å². The second kappa shape index (κ2) is 4.55. The zero-order valence-electron chi connectivity index (χ0n) is 13.8. The van der Waals surface area contributed by atoms with Crippen LogP contribution in [0.1, 0.15) is 35.5 Å². The van der Waals surface area contributed by atoms with Crippen LogP contribution in [0, 0.1) is 18.6 Å². The lowest BCUT2D eigenvalue weighted by molar-refractivity contribution is 0.495. The van der Waals surface area contributed by atoms with Gasteiger partial charge in [0.2, 0.25) is 0 Å². The van der Waals surface area contributed by atoms with Gasteiger partial charge < -0.3 is 4.57 Å². The highest BCUT2D eigenvalue weighted by molar-refractivity contribution is 5.79. The van der Waals surface area contributed by atoms with Crippen LogP contribution in [0.25, 0.3) is 22.4 Å². The fourth-order valence-electron chi connectivity index (χ4n) is 4.42. The highest BCUT2D eigenvalue weighted by atomic mass is 19.1. The lowest BCUT2D eigenvalue weighted by Gasteiger charge is -2.18. The van der Waals surface area contributed by atoms with E-state index in [2.05, 4.69) is 15.1 Å². The minimum atomic E-state index is -0.287. The fourth-order valence-corrected chi connectivity index (χ4v) is 4.42. The summed E-state index contributed by atoms with van der Waals surface area (Å²) in [6, 6.07) is 7.92. The van der Waals surface area contributed by atoms with Crippen molar-refractivity contribution in [1.29, 1.82) is 0 Å². The van der Waals surface area contributed by atoms with Crippen molar-refractivity contribution in [3.8, 4) is 11.4 Å². The Morgan fingerprint density at radius 1 is 1.12 bits per heavy atom. The number of nitrogens with zero attached hydrogens (tertiary/aromatic N) is 5. The molecule has 0 spiro atoms. The second-order valence-corrected chi connectivity index (χ2v) is 6.93. The first-order valence-corrected chi connectivity index (χ1v) is 8.49. The third-order valence-electron chi connectivity index (χ3n) is 5.55. The first-order valence-electron chi connectivity index (χ1n) is 8.49. The molecule has 0 unspecified atom stereocenters. The third kappa shape index (κ3) is 1.56. The Balaban J connectivity index is 1.77. The predicted octanol–water partition coefficient (Wildman–Crippen LogP) is 3.78. The van der Waals surface area contributed by atoms with E-state index in [0.29, 0.717) is 28.9 Å². The number of fused-ring (bicyclic) bond motifs is 6. The maximum Gasteiger partial charge on any atom is 0.159 e. The average Bonchev–Trinajstić information content (AvgIpc) is 3.28. The van der Waals surface area contributed by atoms with E-state index in [1.54, 1.807) is 19.1 Å². The van der Waals surface area contributed by atoms with Gasteiger partial charge in [0.1, 0.15) is 29.8 Å². The van der Waals surface area contributed by atoms with Crippen LogP contribution in [0.3, 0.4) is 0 Å². The molecule has 2 bridgehead atoms. The molecule has 6 rings (SSSR count). The van der Waals surface area contributed by atoms with E-state index in [0.717, 1.165) is 16.9 Å². The summed E-state index contributed by atoms with van der Waals surface area (Å²) in [6.07, 6.45) is 2.14.